The average molecular weight is 367 g/mol. The molecule has 1 amide bonds. The Morgan fingerprint density at radius 3 is 2.48 bits per heavy atom. The number of benzene rings is 1. The summed E-state index contributed by atoms with van der Waals surface area (Å²) in [5.74, 6) is 0.172. The zero-order valence-electron chi connectivity index (χ0n) is 15.3. The van der Waals surface area contributed by atoms with E-state index in [4.69, 9.17) is 0 Å². The molecule has 0 saturated carbocycles. The molecular weight excluding hydrogens is 336 g/mol. The lowest BCUT2D eigenvalue weighted by atomic mass is 9.97. The Hall–Kier alpha value is -1.40. The largest absolute Gasteiger partial charge is 0.353 e. The number of sulfonamides is 1. The molecule has 1 aromatic carbocycles. The summed E-state index contributed by atoms with van der Waals surface area (Å²) in [5, 5.41) is 3.00. The van der Waals surface area contributed by atoms with Crippen molar-refractivity contribution in [2.24, 2.45) is 5.92 Å². The molecule has 5 nitrogen and oxygen atoms in total. The minimum atomic E-state index is -3.23. The summed E-state index contributed by atoms with van der Waals surface area (Å²) in [6.07, 6.45) is 3.52. The molecule has 0 spiro atoms. The lowest BCUT2D eigenvalue weighted by Crippen LogP contribution is -2.45. The van der Waals surface area contributed by atoms with Gasteiger partial charge in [0.05, 0.1) is 5.75 Å². The maximum atomic E-state index is 12.5. The Morgan fingerprint density at radius 2 is 1.88 bits per heavy atom. The molecule has 1 atom stereocenters. The molecule has 0 aliphatic carbocycles. The molecule has 25 heavy (non-hydrogen) atoms. The van der Waals surface area contributed by atoms with Gasteiger partial charge in [-0.15, -0.1) is 0 Å². The SMILES string of the molecule is CCC(C)NC(=O)C1CCN(S(=O)(=O)CCCc2ccccc2)CC1. The monoisotopic (exact) mass is 366 g/mol. The highest BCUT2D eigenvalue weighted by Crippen LogP contribution is 2.21. The molecule has 0 aromatic heterocycles. The molecule has 0 radical (unpaired) electrons. The molecule has 1 fully saturated rings. The van der Waals surface area contributed by atoms with Gasteiger partial charge in [0.15, 0.2) is 0 Å². The van der Waals surface area contributed by atoms with Crippen LogP contribution in [-0.4, -0.2) is 43.5 Å². The van der Waals surface area contributed by atoms with Crippen LogP contribution in [0.15, 0.2) is 30.3 Å². The van der Waals surface area contributed by atoms with Gasteiger partial charge in [0.2, 0.25) is 15.9 Å². The number of hydrogen-bond donors (Lipinski definition) is 1. The second-order valence-corrected chi connectivity index (χ2v) is 8.98. The van der Waals surface area contributed by atoms with Gasteiger partial charge in [-0.25, -0.2) is 12.7 Å². The quantitative estimate of drug-likeness (QED) is 0.769. The Labute approximate surface area is 151 Å². The minimum Gasteiger partial charge on any atom is -0.353 e. The molecule has 1 saturated heterocycles. The predicted octanol–water partition coefficient (Wildman–Crippen LogP) is 2.58. The average Bonchev–Trinajstić information content (AvgIpc) is 2.62. The lowest BCUT2D eigenvalue weighted by molar-refractivity contribution is -0.126. The van der Waals surface area contributed by atoms with Gasteiger partial charge < -0.3 is 5.32 Å². The number of carbonyl (C=O) groups is 1. The zero-order chi connectivity index (χ0) is 18.3. The van der Waals surface area contributed by atoms with E-state index in [0.29, 0.717) is 32.4 Å². The number of nitrogens with one attached hydrogen (secondary N) is 1. The smallest absolute Gasteiger partial charge is 0.223 e. The van der Waals surface area contributed by atoms with Crippen LogP contribution in [0.5, 0.6) is 0 Å². The van der Waals surface area contributed by atoms with E-state index in [1.807, 2.05) is 44.2 Å². The Balaban J connectivity index is 1.77. The van der Waals surface area contributed by atoms with Crippen molar-refractivity contribution >= 4 is 15.9 Å². The van der Waals surface area contributed by atoms with Crippen molar-refractivity contribution in [3.63, 3.8) is 0 Å². The normalized spacial score (nSPS) is 18.0. The third-order valence-electron chi connectivity index (χ3n) is 4.93. The lowest BCUT2D eigenvalue weighted by Gasteiger charge is -2.31. The topological polar surface area (TPSA) is 66.5 Å². The van der Waals surface area contributed by atoms with Gasteiger partial charge in [-0.05, 0) is 44.6 Å². The van der Waals surface area contributed by atoms with E-state index in [-0.39, 0.29) is 23.6 Å². The third kappa shape index (κ3) is 6.12. The molecule has 1 aliphatic rings. The van der Waals surface area contributed by atoms with Crippen LogP contribution in [-0.2, 0) is 21.2 Å². The molecule has 140 valence electrons. The van der Waals surface area contributed by atoms with Crippen molar-refractivity contribution in [3.05, 3.63) is 35.9 Å². The maximum absolute atomic E-state index is 12.5. The second kappa shape index (κ2) is 9.34. The highest BCUT2D eigenvalue weighted by molar-refractivity contribution is 7.89. The summed E-state index contributed by atoms with van der Waals surface area (Å²) in [7, 11) is -3.23. The number of carbonyl (C=O) groups excluding carboxylic acids is 1. The van der Waals surface area contributed by atoms with Gasteiger partial charge in [-0.2, -0.15) is 0 Å². The highest BCUT2D eigenvalue weighted by atomic mass is 32.2. The van der Waals surface area contributed by atoms with Gasteiger partial charge in [0.1, 0.15) is 0 Å². The summed E-state index contributed by atoms with van der Waals surface area (Å²) in [6, 6.07) is 10.1. The van der Waals surface area contributed by atoms with Gasteiger partial charge in [-0.1, -0.05) is 37.3 Å². The molecule has 1 N–H and O–H groups in total. The number of aryl methyl sites for hydroxylation is 1. The van der Waals surface area contributed by atoms with Gasteiger partial charge in [-0.3, -0.25) is 4.79 Å². The second-order valence-electron chi connectivity index (χ2n) is 6.90. The molecule has 2 rings (SSSR count). The summed E-state index contributed by atoms with van der Waals surface area (Å²) in [5.41, 5.74) is 1.16. The standard InChI is InChI=1S/C19H30N2O3S/c1-3-16(2)20-19(22)18-11-13-21(14-12-18)25(23,24)15-7-10-17-8-5-4-6-9-17/h4-6,8-9,16,18H,3,7,10-15H2,1-2H3,(H,20,22). The fourth-order valence-corrected chi connectivity index (χ4v) is 4.63. The number of piperidine rings is 1. The van der Waals surface area contributed by atoms with Gasteiger partial charge in [0.25, 0.3) is 0 Å². The first-order valence-corrected chi connectivity index (χ1v) is 10.9. The Bertz CT molecular complexity index is 638. The molecule has 1 heterocycles. The minimum absolute atomic E-state index is 0.0650. The maximum Gasteiger partial charge on any atom is 0.223 e. The van der Waals surface area contributed by atoms with E-state index in [0.717, 1.165) is 18.4 Å². The van der Waals surface area contributed by atoms with Crippen LogP contribution in [0.2, 0.25) is 0 Å². The van der Waals surface area contributed by atoms with E-state index < -0.39 is 10.0 Å². The van der Waals surface area contributed by atoms with Crippen molar-refractivity contribution in [3.8, 4) is 0 Å². The first-order valence-electron chi connectivity index (χ1n) is 9.24. The summed E-state index contributed by atoms with van der Waals surface area (Å²) < 4.78 is 26.6. The molecule has 1 aromatic rings. The zero-order valence-corrected chi connectivity index (χ0v) is 16.1. The number of nitrogens with zero attached hydrogens (tertiary/aromatic N) is 1. The van der Waals surface area contributed by atoms with Crippen LogP contribution in [0.4, 0.5) is 0 Å². The van der Waals surface area contributed by atoms with Gasteiger partial charge >= 0.3 is 0 Å². The van der Waals surface area contributed by atoms with Crippen molar-refractivity contribution in [1.29, 1.82) is 0 Å². The summed E-state index contributed by atoms with van der Waals surface area (Å²) in [4.78, 5) is 12.2. The fraction of sp³-hybridized carbons (Fsp3) is 0.632. The van der Waals surface area contributed by atoms with Crippen LogP contribution in [0.25, 0.3) is 0 Å². The first-order chi connectivity index (χ1) is 11.9. The van der Waals surface area contributed by atoms with E-state index in [9.17, 15) is 13.2 Å². The fourth-order valence-electron chi connectivity index (χ4n) is 3.09. The number of rotatable bonds is 8. The predicted molar refractivity (Wildman–Crippen MR) is 101 cm³/mol. The molecule has 0 bridgehead atoms. The van der Waals surface area contributed by atoms with Gasteiger partial charge in [0, 0.05) is 25.0 Å². The highest BCUT2D eigenvalue weighted by Gasteiger charge is 2.30. The Morgan fingerprint density at radius 1 is 1.24 bits per heavy atom. The van der Waals surface area contributed by atoms with E-state index >= 15 is 0 Å². The van der Waals surface area contributed by atoms with Crippen molar-refractivity contribution in [2.45, 2.75) is 52.0 Å². The third-order valence-corrected chi connectivity index (χ3v) is 6.89. The van der Waals surface area contributed by atoms with Crippen molar-refractivity contribution in [1.82, 2.24) is 9.62 Å². The summed E-state index contributed by atoms with van der Waals surface area (Å²) in [6.45, 7) is 4.93. The molecular formula is C19H30N2O3S. The van der Waals surface area contributed by atoms with Crippen LogP contribution in [0.1, 0.15) is 45.1 Å². The number of amides is 1. The van der Waals surface area contributed by atoms with Crippen molar-refractivity contribution in [2.75, 3.05) is 18.8 Å². The Kier molecular flexibility index (Phi) is 7.44. The van der Waals surface area contributed by atoms with E-state index in [1.165, 1.54) is 0 Å². The summed E-state index contributed by atoms with van der Waals surface area (Å²) >= 11 is 0. The molecule has 1 unspecified atom stereocenters. The van der Waals surface area contributed by atoms with Crippen molar-refractivity contribution < 1.29 is 13.2 Å². The van der Waals surface area contributed by atoms with Crippen LogP contribution in [0.3, 0.4) is 0 Å². The van der Waals surface area contributed by atoms with Crippen LogP contribution < -0.4 is 5.32 Å². The first kappa shape index (κ1) is 19.9. The number of hydrogen-bond acceptors (Lipinski definition) is 3. The molecule has 6 heteroatoms. The van der Waals surface area contributed by atoms with E-state index in [1.54, 1.807) is 4.31 Å². The molecule has 1 aliphatic heterocycles. The van der Waals surface area contributed by atoms with Crippen LogP contribution in [0, 0.1) is 5.92 Å². The van der Waals surface area contributed by atoms with Crippen LogP contribution >= 0.6 is 0 Å². The van der Waals surface area contributed by atoms with E-state index in [2.05, 4.69) is 5.32 Å².